The molecule has 4 heteroatoms. The smallest absolute Gasteiger partial charge is 0.312 e. The van der Waals surface area contributed by atoms with Gasteiger partial charge in [-0.25, -0.2) is 0 Å². The highest BCUT2D eigenvalue weighted by molar-refractivity contribution is 7.41. The Bertz CT molecular complexity index is 291. The fourth-order valence-electron chi connectivity index (χ4n) is 2.94. The van der Waals surface area contributed by atoms with Crippen molar-refractivity contribution in [3.05, 3.63) is 12.2 Å². The highest BCUT2D eigenvalue weighted by Crippen LogP contribution is 2.42. The Kier molecular flexibility index (Phi) is 17.4. The lowest BCUT2D eigenvalue weighted by Gasteiger charge is -2.20. The molecule has 0 atom stereocenters. The molecule has 0 N–H and O–H groups in total. The van der Waals surface area contributed by atoms with Crippen molar-refractivity contribution in [3.8, 4) is 0 Å². The van der Waals surface area contributed by atoms with E-state index in [9.17, 15) is 0 Å². The van der Waals surface area contributed by atoms with Crippen LogP contribution in [-0.4, -0.2) is 19.8 Å². The second-order valence-corrected chi connectivity index (χ2v) is 8.24. The SMILES string of the molecule is CCCCCCCC/C=C\CCCCCCCCOP1OCCCO1. The molecule has 1 rings (SSSR count). The van der Waals surface area contributed by atoms with Gasteiger partial charge in [-0.2, -0.15) is 0 Å². The minimum atomic E-state index is -1.02. The molecule has 0 aromatic rings. The van der Waals surface area contributed by atoms with Crippen LogP contribution in [0.1, 0.15) is 103 Å². The molecule has 1 fully saturated rings. The molecule has 0 unspecified atom stereocenters. The van der Waals surface area contributed by atoms with E-state index in [0.717, 1.165) is 32.7 Å². The van der Waals surface area contributed by atoms with E-state index in [4.69, 9.17) is 13.6 Å². The molecule has 1 aliphatic heterocycles. The highest BCUT2D eigenvalue weighted by Gasteiger charge is 2.16. The topological polar surface area (TPSA) is 27.7 Å². The quantitative estimate of drug-likeness (QED) is 0.149. The zero-order valence-corrected chi connectivity index (χ0v) is 17.4. The van der Waals surface area contributed by atoms with Gasteiger partial charge in [-0.1, -0.05) is 76.9 Å². The second-order valence-electron chi connectivity index (χ2n) is 7.01. The van der Waals surface area contributed by atoms with Crippen molar-refractivity contribution in [2.24, 2.45) is 0 Å². The molecule has 3 nitrogen and oxygen atoms in total. The van der Waals surface area contributed by atoms with Gasteiger partial charge >= 0.3 is 8.60 Å². The van der Waals surface area contributed by atoms with Gasteiger partial charge in [0.05, 0.1) is 19.8 Å². The summed E-state index contributed by atoms with van der Waals surface area (Å²) in [5, 5.41) is 0. The lowest BCUT2D eigenvalue weighted by atomic mass is 10.1. The van der Waals surface area contributed by atoms with Gasteiger partial charge in [-0.3, -0.25) is 0 Å². The first-order chi connectivity index (χ1) is 12.4. The first kappa shape index (κ1) is 23.1. The molecule has 0 spiro atoms. The number of rotatable bonds is 17. The van der Waals surface area contributed by atoms with Crippen molar-refractivity contribution in [2.75, 3.05) is 19.8 Å². The van der Waals surface area contributed by atoms with Gasteiger partial charge in [-0.05, 0) is 38.5 Å². The maximum atomic E-state index is 5.61. The van der Waals surface area contributed by atoms with Crippen molar-refractivity contribution < 1.29 is 13.6 Å². The molecule has 1 saturated heterocycles. The van der Waals surface area contributed by atoms with Crippen LogP contribution in [0.15, 0.2) is 12.2 Å². The van der Waals surface area contributed by atoms with E-state index in [1.165, 1.54) is 83.5 Å². The van der Waals surface area contributed by atoms with Crippen LogP contribution in [0.25, 0.3) is 0 Å². The Morgan fingerprint density at radius 3 is 1.84 bits per heavy atom. The van der Waals surface area contributed by atoms with E-state index in [0.29, 0.717) is 0 Å². The summed E-state index contributed by atoms with van der Waals surface area (Å²) in [7, 11) is -1.02. The van der Waals surface area contributed by atoms with E-state index in [2.05, 4.69) is 19.1 Å². The summed E-state index contributed by atoms with van der Waals surface area (Å²) in [6.07, 6.45) is 24.5. The Hall–Kier alpha value is 0.0500. The average molecular weight is 373 g/mol. The van der Waals surface area contributed by atoms with Gasteiger partial charge in [0, 0.05) is 0 Å². The second kappa shape index (κ2) is 18.8. The predicted molar refractivity (Wildman–Crippen MR) is 109 cm³/mol. The molecule has 148 valence electrons. The molecule has 0 aliphatic carbocycles. The Morgan fingerprint density at radius 2 is 1.24 bits per heavy atom. The zero-order valence-electron chi connectivity index (χ0n) is 16.6. The van der Waals surface area contributed by atoms with Crippen LogP contribution in [0.3, 0.4) is 0 Å². The lowest BCUT2D eigenvalue weighted by Crippen LogP contribution is -2.07. The first-order valence-corrected chi connectivity index (χ1v) is 11.9. The van der Waals surface area contributed by atoms with Crippen LogP contribution >= 0.6 is 8.60 Å². The first-order valence-electron chi connectivity index (χ1n) is 10.8. The van der Waals surface area contributed by atoms with Gasteiger partial charge < -0.3 is 13.6 Å². The van der Waals surface area contributed by atoms with Gasteiger partial charge in [0.25, 0.3) is 0 Å². The molecular weight excluding hydrogens is 331 g/mol. The van der Waals surface area contributed by atoms with Gasteiger partial charge in [0.1, 0.15) is 0 Å². The van der Waals surface area contributed by atoms with E-state index in [-0.39, 0.29) is 0 Å². The fraction of sp³-hybridized carbons (Fsp3) is 0.905. The van der Waals surface area contributed by atoms with E-state index in [1.54, 1.807) is 0 Å². The summed E-state index contributed by atoms with van der Waals surface area (Å²) in [6.45, 7) is 4.64. The van der Waals surface area contributed by atoms with Crippen molar-refractivity contribution >= 4 is 8.60 Å². The molecule has 1 aliphatic rings. The lowest BCUT2D eigenvalue weighted by molar-refractivity contribution is 0.114. The Labute approximate surface area is 157 Å². The fourth-order valence-corrected chi connectivity index (χ4v) is 4.00. The van der Waals surface area contributed by atoms with E-state index in [1.807, 2.05) is 0 Å². The summed E-state index contributed by atoms with van der Waals surface area (Å²) >= 11 is 0. The van der Waals surface area contributed by atoms with Crippen LogP contribution in [0.5, 0.6) is 0 Å². The normalized spacial score (nSPS) is 16.0. The molecule has 1 heterocycles. The summed E-state index contributed by atoms with van der Waals surface area (Å²) < 4.78 is 16.5. The third-order valence-corrected chi connectivity index (χ3v) is 5.72. The van der Waals surface area contributed by atoms with E-state index < -0.39 is 8.60 Å². The molecule has 0 amide bonds. The minimum Gasteiger partial charge on any atom is -0.312 e. The van der Waals surface area contributed by atoms with Crippen molar-refractivity contribution in [1.82, 2.24) is 0 Å². The molecule has 0 radical (unpaired) electrons. The Balaban J connectivity index is 1.70. The summed E-state index contributed by atoms with van der Waals surface area (Å²) in [5.74, 6) is 0. The van der Waals surface area contributed by atoms with E-state index >= 15 is 0 Å². The zero-order chi connectivity index (χ0) is 17.8. The van der Waals surface area contributed by atoms with Crippen molar-refractivity contribution in [1.29, 1.82) is 0 Å². The standard InChI is InChI=1S/C21H41O3P/c1-2-3-4-5-6-7-8-9-10-11-12-13-14-15-16-17-19-22-25-23-20-18-21-24-25/h9-10H,2-8,11-21H2,1H3/b10-9-. The molecule has 25 heavy (non-hydrogen) atoms. The van der Waals surface area contributed by atoms with Crippen LogP contribution in [0, 0.1) is 0 Å². The predicted octanol–water partition coefficient (Wildman–Crippen LogP) is 7.70. The highest BCUT2D eigenvalue weighted by atomic mass is 31.2. The number of hydrogen-bond acceptors (Lipinski definition) is 3. The van der Waals surface area contributed by atoms with Gasteiger partial charge in [-0.15, -0.1) is 0 Å². The minimum absolute atomic E-state index is 0.785. The van der Waals surface area contributed by atoms with Crippen molar-refractivity contribution in [2.45, 2.75) is 103 Å². The van der Waals surface area contributed by atoms with Gasteiger partial charge in [0.2, 0.25) is 0 Å². The number of allylic oxidation sites excluding steroid dienone is 2. The molecule has 0 saturated carbocycles. The summed E-state index contributed by atoms with van der Waals surface area (Å²) in [6, 6.07) is 0. The molecule has 0 aromatic carbocycles. The molecule has 0 aromatic heterocycles. The van der Waals surface area contributed by atoms with Gasteiger partial charge in [0.15, 0.2) is 0 Å². The van der Waals surface area contributed by atoms with Crippen LogP contribution in [0.4, 0.5) is 0 Å². The third kappa shape index (κ3) is 16.0. The largest absolute Gasteiger partial charge is 0.332 e. The Morgan fingerprint density at radius 1 is 0.720 bits per heavy atom. The molecular formula is C21H41O3P. The average Bonchev–Trinajstić information content (AvgIpc) is 2.65. The number of hydrogen-bond donors (Lipinski definition) is 0. The van der Waals surface area contributed by atoms with Crippen molar-refractivity contribution in [3.63, 3.8) is 0 Å². The maximum Gasteiger partial charge on any atom is 0.332 e. The maximum absolute atomic E-state index is 5.61. The van der Waals surface area contributed by atoms with Crippen LogP contribution in [-0.2, 0) is 13.6 Å². The molecule has 0 bridgehead atoms. The third-order valence-electron chi connectivity index (χ3n) is 4.53. The summed E-state index contributed by atoms with van der Waals surface area (Å²) in [4.78, 5) is 0. The summed E-state index contributed by atoms with van der Waals surface area (Å²) in [5.41, 5.74) is 0. The van der Waals surface area contributed by atoms with Crippen LogP contribution in [0.2, 0.25) is 0 Å². The van der Waals surface area contributed by atoms with Crippen LogP contribution < -0.4 is 0 Å². The monoisotopic (exact) mass is 372 g/mol. The number of unbranched alkanes of at least 4 members (excludes halogenated alkanes) is 12.